The highest BCUT2D eigenvalue weighted by atomic mass is 19.1. The lowest BCUT2D eigenvalue weighted by atomic mass is 9.73. The number of benzene rings is 1. The van der Waals surface area contributed by atoms with Crippen LogP contribution < -0.4 is 5.32 Å². The molecule has 26 heavy (non-hydrogen) atoms. The van der Waals surface area contributed by atoms with Gasteiger partial charge in [0.05, 0.1) is 31.3 Å². The monoisotopic (exact) mass is 367 g/mol. The minimum atomic E-state index is -0.904. The van der Waals surface area contributed by atoms with Crippen molar-refractivity contribution in [2.75, 3.05) is 20.3 Å². The minimum absolute atomic E-state index is 0.0331. The lowest BCUT2D eigenvalue weighted by molar-refractivity contribution is -0.145. The molecule has 7 heteroatoms. The standard InChI is InChI=1S/C19H26FNO5/c1-19(8-4-3-5-15(19)18(23)24)21-17(22)13-6-7-16(20)14(11-13)12-26-10-9-25-2/h6-7,11,15H,3-5,8-10,12H2,1-2H3,(H,21,22)(H,23,24). The molecule has 0 radical (unpaired) electrons. The van der Waals surface area contributed by atoms with Crippen molar-refractivity contribution in [2.24, 2.45) is 5.92 Å². The fourth-order valence-electron chi connectivity index (χ4n) is 3.36. The molecule has 0 aliphatic heterocycles. The van der Waals surface area contributed by atoms with Gasteiger partial charge in [-0.2, -0.15) is 0 Å². The first-order valence-electron chi connectivity index (χ1n) is 8.78. The van der Waals surface area contributed by atoms with Crippen molar-refractivity contribution in [1.82, 2.24) is 5.32 Å². The Labute approximate surface area is 152 Å². The zero-order valence-electron chi connectivity index (χ0n) is 15.2. The summed E-state index contributed by atoms with van der Waals surface area (Å²) < 4.78 is 24.1. The van der Waals surface area contributed by atoms with E-state index in [-0.39, 0.29) is 17.7 Å². The lowest BCUT2D eigenvalue weighted by Gasteiger charge is -2.39. The second-order valence-electron chi connectivity index (χ2n) is 6.86. The molecule has 1 aromatic rings. The molecule has 2 rings (SSSR count). The molecule has 1 fully saturated rings. The number of halogens is 1. The van der Waals surface area contributed by atoms with Crippen LogP contribution in [0.1, 0.15) is 48.5 Å². The van der Waals surface area contributed by atoms with Crippen molar-refractivity contribution < 1.29 is 28.6 Å². The molecule has 1 amide bonds. The number of rotatable bonds is 8. The van der Waals surface area contributed by atoms with Crippen molar-refractivity contribution in [3.8, 4) is 0 Å². The molecule has 1 aliphatic carbocycles. The highest BCUT2D eigenvalue weighted by Gasteiger charge is 2.42. The third-order valence-electron chi connectivity index (χ3n) is 4.90. The Morgan fingerprint density at radius 1 is 1.35 bits per heavy atom. The summed E-state index contributed by atoms with van der Waals surface area (Å²) in [6.07, 6.45) is 2.84. The van der Waals surface area contributed by atoms with E-state index in [0.717, 1.165) is 12.8 Å². The summed E-state index contributed by atoms with van der Waals surface area (Å²) >= 11 is 0. The molecule has 2 unspecified atom stereocenters. The van der Waals surface area contributed by atoms with Crippen LogP contribution in [0.5, 0.6) is 0 Å². The van der Waals surface area contributed by atoms with Gasteiger partial charge < -0.3 is 19.9 Å². The van der Waals surface area contributed by atoms with Crippen molar-refractivity contribution in [2.45, 2.75) is 44.8 Å². The van der Waals surface area contributed by atoms with E-state index in [1.807, 2.05) is 0 Å². The fraction of sp³-hybridized carbons (Fsp3) is 0.579. The van der Waals surface area contributed by atoms with Gasteiger partial charge >= 0.3 is 5.97 Å². The highest BCUT2D eigenvalue weighted by Crippen LogP contribution is 2.34. The molecule has 1 aromatic carbocycles. The number of carbonyl (C=O) groups excluding carboxylic acids is 1. The quantitative estimate of drug-likeness (QED) is 0.690. The Morgan fingerprint density at radius 3 is 2.81 bits per heavy atom. The predicted octanol–water partition coefficient (Wildman–Crippen LogP) is 2.75. The molecule has 1 aliphatic rings. The Balaban J connectivity index is 2.09. The summed E-state index contributed by atoms with van der Waals surface area (Å²) in [6, 6.07) is 4.06. The second-order valence-corrected chi connectivity index (χ2v) is 6.86. The van der Waals surface area contributed by atoms with Crippen molar-refractivity contribution in [3.63, 3.8) is 0 Å². The predicted molar refractivity (Wildman–Crippen MR) is 93.4 cm³/mol. The Bertz CT molecular complexity index is 651. The van der Waals surface area contributed by atoms with Crippen LogP contribution in [-0.2, 0) is 20.9 Å². The number of hydrogen-bond acceptors (Lipinski definition) is 4. The van der Waals surface area contributed by atoms with Crippen LogP contribution in [0, 0.1) is 11.7 Å². The number of carboxylic acids is 1. The van der Waals surface area contributed by atoms with Gasteiger partial charge in [0.2, 0.25) is 0 Å². The first-order valence-corrected chi connectivity index (χ1v) is 8.78. The summed E-state index contributed by atoms with van der Waals surface area (Å²) in [5, 5.41) is 12.3. The molecule has 0 bridgehead atoms. The first-order chi connectivity index (χ1) is 12.4. The molecule has 2 atom stereocenters. The maximum Gasteiger partial charge on any atom is 0.308 e. The van der Waals surface area contributed by atoms with Crippen molar-refractivity contribution >= 4 is 11.9 Å². The Kier molecular flexibility index (Phi) is 7.11. The number of carbonyl (C=O) groups is 2. The molecule has 1 saturated carbocycles. The van der Waals surface area contributed by atoms with Gasteiger partial charge in [0.1, 0.15) is 5.82 Å². The Hall–Kier alpha value is -1.99. The summed E-state index contributed by atoms with van der Waals surface area (Å²) in [4.78, 5) is 24.2. The van der Waals surface area contributed by atoms with E-state index >= 15 is 0 Å². The zero-order valence-corrected chi connectivity index (χ0v) is 15.2. The number of nitrogens with one attached hydrogen (secondary N) is 1. The van der Waals surface area contributed by atoms with E-state index in [0.29, 0.717) is 26.1 Å². The van der Waals surface area contributed by atoms with E-state index in [1.165, 1.54) is 18.2 Å². The van der Waals surface area contributed by atoms with Crippen molar-refractivity contribution in [3.05, 3.63) is 35.1 Å². The first kappa shape index (κ1) is 20.3. The number of amides is 1. The molecule has 0 aromatic heterocycles. The molecule has 6 nitrogen and oxygen atoms in total. The smallest absolute Gasteiger partial charge is 0.308 e. The van der Waals surface area contributed by atoms with Gasteiger partial charge in [-0.3, -0.25) is 9.59 Å². The van der Waals surface area contributed by atoms with E-state index in [9.17, 15) is 19.1 Å². The number of methoxy groups -OCH3 is 1. The van der Waals surface area contributed by atoms with Gasteiger partial charge in [0.25, 0.3) is 5.91 Å². The summed E-state index contributed by atoms with van der Waals surface area (Å²) in [5.41, 5.74) is -0.255. The Morgan fingerprint density at radius 2 is 2.12 bits per heavy atom. The molecule has 2 N–H and O–H groups in total. The maximum atomic E-state index is 13.9. The highest BCUT2D eigenvalue weighted by molar-refractivity contribution is 5.95. The largest absolute Gasteiger partial charge is 0.481 e. The number of hydrogen-bond donors (Lipinski definition) is 2. The van der Waals surface area contributed by atoms with Crippen LogP contribution in [0.2, 0.25) is 0 Å². The summed E-state index contributed by atoms with van der Waals surface area (Å²) in [7, 11) is 1.55. The van der Waals surface area contributed by atoms with E-state index < -0.39 is 29.2 Å². The maximum absolute atomic E-state index is 13.9. The number of ether oxygens (including phenoxy) is 2. The third kappa shape index (κ3) is 5.02. The van der Waals surface area contributed by atoms with Crippen LogP contribution in [0.15, 0.2) is 18.2 Å². The fourth-order valence-corrected chi connectivity index (χ4v) is 3.36. The van der Waals surface area contributed by atoms with Gasteiger partial charge in [-0.15, -0.1) is 0 Å². The lowest BCUT2D eigenvalue weighted by Crippen LogP contribution is -2.55. The second kappa shape index (κ2) is 9.09. The van der Waals surface area contributed by atoms with Gasteiger partial charge in [0, 0.05) is 18.2 Å². The zero-order chi connectivity index (χ0) is 19.2. The summed E-state index contributed by atoms with van der Waals surface area (Å²) in [5.74, 6) is -2.39. The SMILES string of the molecule is COCCOCc1cc(C(=O)NC2(C)CCCCC2C(=O)O)ccc1F. The van der Waals surface area contributed by atoms with Gasteiger partial charge in [0.15, 0.2) is 0 Å². The van der Waals surface area contributed by atoms with E-state index in [1.54, 1.807) is 14.0 Å². The van der Waals surface area contributed by atoms with Crippen LogP contribution in [0.4, 0.5) is 4.39 Å². The molecule has 144 valence electrons. The average Bonchev–Trinajstić information content (AvgIpc) is 2.59. The van der Waals surface area contributed by atoms with Gasteiger partial charge in [-0.1, -0.05) is 12.8 Å². The van der Waals surface area contributed by atoms with Crippen LogP contribution in [0.25, 0.3) is 0 Å². The number of carboxylic acid groups (broad SMARTS) is 1. The molecular formula is C19H26FNO5. The van der Waals surface area contributed by atoms with Gasteiger partial charge in [-0.05, 0) is 38.0 Å². The number of aliphatic carboxylic acids is 1. The van der Waals surface area contributed by atoms with E-state index in [2.05, 4.69) is 5.32 Å². The van der Waals surface area contributed by atoms with Crippen LogP contribution >= 0.6 is 0 Å². The molecule has 0 saturated heterocycles. The molecule has 0 heterocycles. The molecule has 0 spiro atoms. The average molecular weight is 367 g/mol. The van der Waals surface area contributed by atoms with Crippen LogP contribution in [0.3, 0.4) is 0 Å². The van der Waals surface area contributed by atoms with Gasteiger partial charge in [-0.25, -0.2) is 4.39 Å². The van der Waals surface area contributed by atoms with Crippen LogP contribution in [-0.4, -0.2) is 42.8 Å². The topological polar surface area (TPSA) is 84.9 Å². The molecular weight excluding hydrogens is 341 g/mol. The normalized spacial score (nSPS) is 22.8. The third-order valence-corrected chi connectivity index (χ3v) is 4.90. The van der Waals surface area contributed by atoms with Crippen molar-refractivity contribution in [1.29, 1.82) is 0 Å². The van der Waals surface area contributed by atoms with E-state index in [4.69, 9.17) is 9.47 Å². The summed E-state index contributed by atoms with van der Waals surface area (Å²) in [6.45, 7) is 2.52. The minimum Gasteiger partial charge on any atom is -0.481 e.